The average molecular weight is 461 g/mol. The molecule has 0 aliphatic heterocycles. The summed E-state index contributed by atoms with van der Waals surface area (Å²) in [5, 5.41) is 6.25. The summed E-state index contributed by atoms with van der Waals surface area (Å²) in [4.78, 5) is 4.11. The Hall–Kier alpha value is -1.90. The van der Waals surface area contributed by atoms with Crippen LogP contribution in [0.4, 0.5) is 8.78 Å². The van der Waals surface area contributed by atoms with Crippen molar-refractivity contribution in [2.24, 2.45) is 4.99 Å². The van der Waals surface area contributed by atoms with E-state index in [1.54, 1.807) is 25.2 Å². The summed E-state index contributed by atoms with van der Waals surface area (Å²) in [6, 6.07) is 11.3. The average Bonchev–Trinajstić information content (AvgIpc) is 2.58. The van der Waals surface area contributed by atoms with E-state index >= 15 is 0 Å². The molecule has 0 aliphatic rings. The smallest absolute Gasteiger partial charge is 0.191 e. The number of guanidine groups is 1. The third-order valence-corrected chi connectivity index (χ3v) is 3.49. The van der Waals surface area contributed by atoms with E-state index in [1.807, 2.05) is 6.07 Å². The number of nitrogens with zero attached hydrogens (tertiary/aromatic N) is 1. The number of benzene rings is 2. The van der Waals surface area contributed by atoms with Gasteiger partial charge in [0.15, 0.2) is 17.5 Å². The first-order valence-corrected chi connectivity index (χ1v) is 7.63. The minimum Gasteiger partial charge on any atom is -0.494 e. The van der Waals surface area contributed by atoms with E-state index < -0.39 is 5.82 Å². The number of hydrogen-bond donors (Lipinski definition) is 2. The lowest BCUT2D eigenvalue weighted by molar-refractivity contribution is 0.386. The van der Waals surface area contributed by atoms with E-state index in [0.29, 0.717) is 25.5 Å². The van der Waals surface area contributed by atoms with Crippen LogP contribution < -0.4 is 15.4 Å². The molecule has 2 N–H and O–H groups in total. The summed E-state index contributed by atoms with van der Waals surface area (Å²) in [5.41, 5.74) is 1.69. The molecule has 0 amide bonds. The highest BCUT2D eigenvalue weighted by atomic mass is 127. The maximum absolute atomic E-state index is 13.7. The van der Waals surface area contributed by atoms with E-state index in [4.69, 9.17) is 4.74 Å². The Morgan fingerprint density at radius 3 is 2.52 bits per heavy atom. The number of ether oxygens (including phenoxy) is 1. The van der Waals surface area contributed by atoms with Crippen molar-refractivity contribution in [3.63, 3.8) is 0 Å². The topological polar surface area (TPSA) is 45.7 Å². The van der Waals surface area contributed by atoms with E-state index in [0.717, 1.165) is 11.1 Å². The fraction of sp³-hybridized carbons (Fsp3) is 0.278. The molecule has 0 unspecified atom stereocenters. The summed E-state index contributed by atoms with van der Waals surface area (Å²) in [7, 11) is 3.09. The minimum atomic E-state index is -0.397. The van der Waals surface area contributed by atoms with Crippen molar-refractivity contribution < 1.29 is 13.5 Å². The second-order valence-electron chi connectivity index (χ2n) is 5.20. The molecule has 0 aliphatic carbocycles. The van der Waals surface area contributed by atoms with Crippen molar-refractivity contribution in [1.82, 2.24) is 10.6 Å². The molecule has 0 spiro atoms. The molecule has 0 saturated carbocycles. The number of rotatable bonds is 6. The van der Waals surface area contributed by atoms with Gasteiger partial charge in [0.25, 0.3) is 0 Å². The zero-order valence-electron chi connectivity index (χ0n) is 14.2. The van der Waals surface area contributed by atoms with Gasteiger partial charge in [-0.25, -0.2) is 8.78 Å². The molecule has 2 aromatic carbocycles. The predicted molar refractivity (Wildman–Crippen MR) is 107 cm³/mol. The van der Waals surface area contributed by atoms with Crippen LogP contribution in [0.15, 0.2) is 47.5 Å². The lowest BCUT2D eigenvalue weighted by atomic mass is 10.1. The molecular weight excluding hydrogens is 439 g/mol. The van der Waals surface area contributed by atoms with Crippen LogP contribution in [-0.4, -0.2) is 26.7 Å². The van der Waals surface area contributed by atoms with Crippen LogP contribution in [0.1, 0.15) is 11.1 Å². The standard InChI is InChI=1S/C18H21F2N3O.HI/c1-21-18(22-9-8-13-4-3-5-15(19)10-13)23-12-14-6-7-17(24-2)16(20)11-14;/h3-7,10-11H,8-9,12H2,1-2H3,(H2,21,22,23);1H. The van der Waals surface area contributed by atoms with Gasteiger partial charge in [0.2, 0.25) is 0 Å². The second kappa shape index (κ2) is 10.9. The first kappa shape index (κ1) is 21.1. The van der Waals surface area contributed by atoms with Crippen LogP contribution in [0, 0.1) is 11.6 Å². The summed E-state index contributed by atoms with van der Waals surface area (Å²) in [6.45, 7) is 1.04. The molecule has 0 radical (unpaired) electrons. The van der Waals surface area contributed by atoms with Crippen LogP contribution in [-0.2, 0) is 13.0 Å². The van der Waals surface area contributed by atoms with Gasteiger partial charge >= 0.3 is 0 Å². The molecule has 0 fully saturated rings. The Kier molecular flexibility index (Phi) is 9.18. The van der Waals surface area contributed by atoms with Crippen molar-refractivity contribution >= 4 is 29.9 Å². The van der Waals surface area contributed by atoms with Crippen molar-refractivity contribution in [2.45, 2.75) is 13.0 Å². The summed E-state index contributed by atoms with van der Waals surface area (Å²) >= 11 is 0. The third-order valence-electron chi connectivity index (χ3n) is 3.49. The summed E-state index contributed by atoms with van der Waals surface area (Å²) in [5.74, 6) is 0.182. The summed E-state index contributed by atoms with van der Waals surface area (Å²) < 4.78 is 31.7. The van der Waals surface area contributed by atoms with Gasteiger partial charge in [-0.3, -0.25) is 4.99 Å². The molecule has 0 heterocycles. The number of nitrogens with one attached hydrogen (secondary N) is 2. The molecule has 2 rings (SSSR count). The Morgan fingerprint density at radius 1 is 1.08 bits per heavy atom. The third kappa shape index (κ3) is 6.85. The maximum Gasteiger partial charge on any atom is 0.191 e. The largest absolute Gasteiger partial charge is 0.494 e. The number of halogens is 3. The molecule has 4 nitrogen and oxygen atoms in total. The molecular formula is C18H22F2IN3O. The monoisotopic (exact) mass is 461 g/mol. The number of methoxy groups -OCH3 is 1. The number of hydrogen-bond acceptors (Lipinski definition) is 2. The van der Waals surface area contributed by atoms with Gasteiger partial charge in [0.1, 0.15) is 5.82 Å². The van der Waals surface area contributed by atoms with Crippen LogP contribution in [0.25, 0.3) is 0 Å². The van der Waals surface area contributed by atoms with Gasteiger partial charge < -0.3 is 15.4 Å². The van der Waals surface area contributed by atoms with Crippen LogP contribution >= 0.6 is 24.0 Å². The molecule has 7 heteroatoms. The minimum absolute atomic E-state index is 0. The van der Waals surface area contributed by atoms with Crippen molar-refractivity contribution in [1.29, 1.82) is 0 Å². The Bertz CT molecular complexity index is 710. The molecule has 2 aromatic rings. The van der Waals surface area contributed by atoms with Crippen LogP contribution in [0.3, 0.4) is 0 Å². The van der Waals surface area contributed by atoms with E-state index in [2.05, 4.69) is 15.6 Å². The van der Waals surface area contributed by atoms with Crippen LogP contribution in [0.2, 0.25) is 0 Å². The quantitative estimate of drug-likeness (QED) is 0.394. The van der Waals surface area contributed by atoms with Gasteiger partial charge in [-0.05, 0) is 41.8 Å². The molecule has 0 aromatic heterocycles. The Balaban J connectivity index is 0.00000312. The fourth-order valence-corrected chi connectivity index (χ4v) is 2.24. The number of aliphatic imine (C=N–C) groups is 1. The van der Waals surface area contributed by atoms with Gasteiger partial charge in [-0.15, -0.1) is 24.0 Å². The predicted octanol–water partition coefficient (Wildman–Crippen LogP) is 3.50. The van der Waals surface area contributed by atoms with Crippen molar-refractivity contribution in [3.05, 3.63) is 65.2 Å². The highest BCUT2D eigenvalue weighted by molar-refractivity contribution is 14.0. The first-order chi connectivity index (χ1) is 11.6. The fourth-order valence-electron chi connectivity index (χ4n) is 2.24. The van der Waals surface area contributed by atoms with Gasteiger partial charge in [-0.2, -0.15) is 0 Å². The van der Waals surface area contributed by atoms with Crippen molar-refractivity contribution in [2.75, 3.05) is 20.7 Å². The lowest BCUT2D eigenvalue weighted by Crippen LogP contribution is -2.37. The Labute approximate surface area is 163 Å². The molecule has 0 bridgehead atoms. The SMILES string of the molecule is CN=C(NCCc1cccc(F)c1)NCc1ccc(OC)c(F)c1.I. The molecule has 136 valence electrons. The molecule has 0 saturated heterocycles. The highest BCUT2D eigenvalue weighted by Crippen LogP contribution is 2.17. The summed E-state index contributed by atoms with van der Waals surface area (Å²) in [6.07, 6.45) is 0.676. The van der Waals surface area contributed by atoms with E-state index in [-0.39, 0.29) is 35.5 Å². The van der Waals surface area contributed by atoms with E-state index in [9.17, 15) is 8.78 Å². The van der Waals surface area contributed by atoms with Crippen molar-refractivity contribution in [3.8, 4) is 5.75 Å². The normalized spacial score (nSPS) is 10.8. The van der Waals surface area contributed by atoms with Gasteiger partial charge in [-0.1, -0.05) is 18.2 Å². The van der Waals surface area contributed by atoms with Gasteiger partial charge in [0, 0.05) is 20.1 Å². The zero-order chi connectivity index (χ0) is 17.4. The van der Waals surface area contributed by atoms with Gasteiger partial charge in [0.05, 0.1) is 7.11 Å². The lowest BCUT2D eigenvalue weighted by Gasteiger charge is -2.12. The van der Waals surface area contributed by atoms with E-state index in [1.165, 1.54) is 25.3 Å². The highest BCUT2D eigenvalue weighted by Gasteiger charge is 2.04. The maximum atomic E-state index is 13.7. The second-order valence-corrected chi connectivity index (χ2v) is 5.20. The molecule has 25 heavy (non-hydrogen) atoms. The van der Waals surface area contributed by atoms with Crippen LogP contribution in [0.5, 0.6) is 5.75 Å². The molecule has 0 atom stereocenters. The Morgan fingerprint density at radius 2 is 1.88 bits per heavy atom. The zero-order valence-corrected chi connectivity index (χ0v) is 16.5. The first-order valence-electron chi connectivity index (χ1n) is 7.63.